The van der Waals surface area contributed by atoms with Gasteiger partial charge in [-0.25, -0.2) is 0 Å². The third-order valence-corrected chi connectivity index (χ3v) is 2.22. The molecule has 0 saturated heterocycles. The number of nitrogens with one attached hydrogen (secondary N) is 2. The van der Waals surface area contributed by atoms with E-state index in [1.54, 1.807) is 12.3 Å². The van der Waals surface area contributed by atoms with Crippen LogP contribution in [-0.4, -0.2) is 49.5 Å². The van der Waals surface area contributed by atoms with Gasteiger partial charge >= 0.3 is 0 Å². The van der Waals surface area contributed by atoms with Gasteiger partial charge in [-0.05, 0) is 33.2 Å². The Morgan fingerprint density at radius 2 is 2.24 bits per heavy atom. The van der Waals surface area contributed by atoms with Gasteiger partial charge in [0, 0.05) is 31.5 Å². The van der Waals surface area contributed by atoms with E-state index in [0.29, 0.717) is 12.2 Å². The Morgan fingerprint density at radius 3 is 2.88 bits per heavy atom. The van der Waals surface area contributed by atoms with E-state index in [2.05, 4.69) is 15.6 Å². The van der Waals surface area contributed by atoms with Crippen molar-refractivity contribution in [2.75, 3.05) is 39.0 Å². The summed E-state index contributed by atoms with van der Waals surface area (Å²) in [5, 5.41) is 5.98. The summed E-state index contributed by atoms with van der Waals surface area (Å²) in [6.07, 6.45) is 1.64. The van der Waals surface area contributed by atoms with Gasteiger partial charge in [0.15, 0.2) is 0 Å². The lowest BCUT2D eigenvalue weighted by molar-refractivity contribution is 0.0946. The van der Waals surface area contributed by atoms with Crippen molar-refractivity contribution in [3.63, 3.8) is 0 Å². The largest absolute Gasteiger partial charge is 0.385 e. The first-order chi connectivity index (χ1) is 8.13. The second kappa shape index (κ2) is 6.85. The molecule has 1 heterocycles. The Bertz CT molecular complexity index is 365. The van der Waals surface area contributed by atoms with Crippen LogP contribution in [0.4, 0.5) is 5.69 Å². The summed E-state index contributed by atoms with van der Waals surface area (Å²) in [7, 11) is 3.94. The molecule has 0 aromatic carbocycles. The molecule has 2 N–H and O–H groups in total. The lowest BCUT2D eigenvalue weighted by Gasteiger charge is -2.10. The van der Waals surface area contributed by atoms with Crippen molar-refractivity contribution in [3.05, 3.63) is 24.0 Å². The maximum atomic E-state index is 11.8. The van der Waals surface area contributed by atoms with Gasteiger partial charge in [-0.2, -0.15) is 0 Å². The molecular weight excluding hydrogens is 216 g/mol. The summed E-state index contributed by atoms with van der Waals surface area (Å²) in [6.45, 7) is 4.28. The minimum atomic E-state index is -0.133. The zero-order chi connectivity index (χ0) is 12.7. The van der Waals surface area contributed by atoms with Crippen LogP contribution in [0.5, 0.6) is 0 Å². The second-order valence-electron chi connectivity index (χ2n) is 4.02. The van der Waals surface area contributed by atoms with E-state index < -0.39 is 0 Å². The van der Waals surface area contributed by atoms with Gasteiger partial charge in [0.2, 0.25) is 0 Å². The molecule has 0 unspecified atom stereocenters. The number of carbonyl (C=O) groups excluding carboxylic acids is 1. The summed E-state index contributed by atoms with van der Waals surface area (Å²) in [5.74, 6) is -0.133. The van der Waals surface area contributed by atoms with Gasteiger partial charge < -0.3 is 15.5 Å². The van der Waals surface area contributed by atoms with Crippen LogP contribution < -0.4 is 10.6 Å². The van der Waals surface area contributed by atoms with Gasteiger partial charge in [0.1, 0.15) is 5.69 Å². The fourth-order valence-electron chi connectivity index (χ4n) is 1.35. The van der Waals surface area contributed by atoms with E-state index in [4.69, 9.17) is 0 Å². The predicted molar refractivity (Wildman–Crippen MR) is 69.3 cm³/mol. The van der Waals surface area contributed by atoms with Crippen LogP contribution in [-0.2, 0) is 0 Å². The molecule has 0 bridgehead atoms. The first-order valence-corrected chi connectivity index (χ1v) is 5.76. The van der Waals surface area contributed by atoms with Crippen molar-refractivity contribution < 1.29 is 4.79 Å². The number of anilines is 1. The number of pyridine rings is 1. The van der Waals surface area contributed by atoms with Gasteiger partial charge in [-0.3, -0.25) is 9.78 Å². The highest BCUT2D eigenvalue weighted by atomic mass is 16.1. The molecule has 0 atom stereocenters. The van der Waals surface area contributed by atoms with Gasteiger partial charge in [0.05, 0.1) is 0 Å². The van der Waals surface area contributed by atoms with Crippen LogP contribution in [0.3, 0.4) is 0 Å². The van der Waals surface area contributed by atoms with Crippen LogP contribution in [0.15, 0.2) is 18.3 Å². The molecule has 1 amide bonds. The number of aromatic nitrogens is 1. The lowest BCUT2D eigenvalue weighted by Crippen LogP contribution is -2.31. The Hall–Kier alpha value is -1.62. The molecule has 17 heavy (non-hydrogen) atoms. The number of hydrogen-bond acceptors (Lipinski definition) is 4. The number of amides is 1. The van der Waals surface area contributed by atoms with E-state index in [0.717, 1.165) is 18.8 Å². The van der Waals surface area contributed by atoms with E-state index in [1.165, 1.54) is 0 Å². The standard InChI is InChI=1S/C12H20N4O/c1-4-13-10-5-6-14-11(9-10)12(17)15-7-8-16(2)3/h5-6,9H,4,7-8H2,1-3H3,(H,13,14)(H,15,17). The Morgan fingerprint density at radius 1 is 1.47 bits per heavy atom. The highest BCUT2D eigenvalue weighted by molar-refractivity contribution is 5.93. The molecule has 94 valence electrons. The predicted octanol–water partition coefficient (Wildman–Crippen LogP) is 0.805. The van der Waals surface area contributed by atoms with Crippen LogP contribution in [0.2, 0.25) is 0 Å². The topological polar surface area (TPSA) is 57.3 Å². The van der Waals surface area contributed by atoms with Crippen molar-refractivity contribution in [1.82, 2.24) is 15.2 Å². The smallest absolute Gasteiger partial charge is 0.269 e. The summed E-state index contributed by atoms with van der Waals surface area (Å²) in [6, 6.07) is 3.61. The van der Waals surface area contributed by atoms with Gasteiger partial charge in [-0.1, -0.05) is 0 Å². The maximum Gasteiger partial charge on any atom is 0.269 e. The number of carbonyl (C=O) groups is 1. The van der Waals surface area contributed by atoms with Crippen molar-refractivity contribution in [2.45, 2.75) is 6.92 Å². The minimum Gasteiger partial charge on any atom is -0.385 e. The summed E-state index contributed by atoms with van der Waals surface area (Å²) in [5.41, 5.74) is 1.36. The molecule has 0 radical (unpaired) electrons. The average Bonchev–Trinajstić information content (AvgIpc) is 2.29. The van der Waals surface area contributed by atoms with Gasteiger partial charge in [0.25, 0.3) is 5.91 Å². The molecule has 1 aromatic heterocycles. The molecule has 5 heteroatoms. The summed E-state index contributed by atoms with van der Waals surface area (Å²) >= 11 is 0. The third kappa shape index (κ3) is 4.82. The fourth-order valence-corrected chi connectivity index (χ4v) is 1.35. The molecule has 0 aliphatic carbocycles. The number of rotatable bonds is 6. The maximum absolute atomic E-state index is 11.8. The van der Waals surface area contributed by atoms with Crippen molar-refractivity contribution in [3.8, 4) is 0 Å². The monoisotopic (exact) mass is 236 g/mol. The molecule has 1 rings (SSSR count). The van der Waals surface area contributed by atoms with E-state index >= 15 is 0 Å². The van der Waals surface area contributed by atoms with Crippen LogP contribution in [0.1, 0.15) is 17.4 Å². The zero-order valence-electron chi connectivity index (χ0n) is 10.7. The highest BCUT2D eigenvalue weighted by Crippen LogP contribution is 2.07. The summed E-state index contributed by atoms with van der Waals surface area (Å²) in [4.78, 5) is 17.8. The van der Waals surface area contributed by atoms with Crippen molar-refractivity contribution >= 4 is 11.6 Å². The molecule has 0 saturated carbocycles. The molecule has 0 aliphatic rings. The molecule has 5 nitrogen and oxygen atoms in total. The SMILES string of the molecule is CCNc1ccnc(C(=O)NCCN(C)C)c1. The minimum absolute atomic E-state index is 0.133. The number of nitrogens with zero attached hydrogens (tertiary/aromatic N) is 2. The average molecular weight is 236 g/mol. The number of hydrogen-bond donors (Lipinski definition) is 2. The van der Waals surface area contributed by atoms with E-state index in [9.17, 15) is 4.79 Å². The van der Waals surface area contributed by atoms with Crippen molar-refractivity contribution in [2.24, 2.45) is 0 Å². The molecule has 0 aliphatic heterocycles. The van der Waals surface area contributed by atoms with Crippen LogP contribution in [0.25, 0.3) is 0 Å². The van der Waals surface area contributed by atoms with Gasteiger partial charge in [-0.15, -0.1) is 0 Å². The first kappa shape index (κ1) is 13.4. The normalized spacial score (nSPS) is 10.4. The van der Waals surface area contributed by atoms with E-state index in [1.807, 2.05) is 32.0 Å². The molecule has 0 spiro atoms. The zero-order valence-corrected chi connectivity index (χ0v) is 10.7. The Kier molecular flexibility index (Phi) is 5.42. The third-order valence-electron chi connectivity index (χ3n) is 2.22. The Labute approximate surface area is 102 Å². The Balaban J connectivity index is 2.53. The fraction of sp³-hybridized carbons (Fsp3) is 0.500. The molecular formula is C12H20N4O. The second-order valence-corrected chi connectivity index (χ2v) is 4.02. The highest BCUT2D eigenvalue weighted by Gasteiger charge is 2.06. The quantitative estimate of drug-likeness (QED) is 0.767. The number of likely N-dealkylation sites (N-methyl/N-ethyl adjacent to an activating group) is 1. The van der Waals surface area contributed by atoms with Crippen molar-refractivity contribution in [1.29, 1.82) is 0 Å². The lowest BCUT2D eigenvalue weighted by atomic mass is 10.3. The summed E-state index contributed by atoms with van der Waals surface area (Å²) < 4.78 is 0. The molecule has 0 fully saturated rings. The van der Waals surface area contributed by atoms with E-state index in [-0.39, 0.29) is 5.91 Å². The first-order valence-electron chi connectivity index (χ1n) is 5.76. The molecule has 1 aromatic rings. The van der Waals surface area contributed by atoms with Crippen LogP contribution in [0, 0.1) is 0 Å². The van der Waals surface area contributed by atoms with Crippen LogP contribution >= 0.6 is 0 Å².